The van der Waals surface area contributed by atoms with Gasteiger partial charge in [0.2, 0.25) is 0 Å². The van der Waals surface area contributed by atoms with Crippen molar-refractivity contribution in [3.63, 3.8) is 0 Å². The Morgan fingerprint density at radius 1 is 0.913 bits per heavy atom. The summed E-state index contributed by atoms with van der Waals surface area (Å²) in [5.74, 6) is -1.26. The van der Waals surface area contributed by atoms with Crippen molar-refractivity contribution in [2.45, 2.75) is 32.3 Å². The molecule has 0 rings (SSSR count). The SMILES string of the molecule is CCO[Si](CCCNCCN)(OCC)OCC(OC)(OC)OC. The molecule has 140 valence electrons. The van der Waals surface area contributed by atoms with Gasteiger partial charge in [0.1, 0.15) is 6.61 Å². The molecular weight excluding hydrogens is 320 g/mol. The number of hydrogen-bond acceptors (Lipinski definition) is 8. The molecule has 0 aromatic carbocycles. The molecule has 9 heteroatoms. The number of rotatable bonds is 16. The van der Waals surface area contributed by atoms with E-state index in [1.54, 1.807) is 0 Å². The highest BCUT2D eigenvalue weighted by Crippen LogP contribution is 2.22. The van der Waals surface area contributed by atoms with E-state index >= 15 is 0 Å². The predicted molar refractivity (Wildman–Crippen MR) is 90.1 cm³/mol. The lowest BCUT2D eigenvalue weighted by atomic mass is 10.5. The van der Waals surface area contributed by atoms with Crippen LogP contribution in [0.1, 0.15) is 20.3 Å². The Balaban J connectivity index is 4.74. The van der Waals surface area contributed by atoms with Crippen LogP contribution in [0.5, 0.6) is 0 Å². The number of methoxy groups -OCH3 is 3. The summed E-state index contributed by atoms with van der Waals surface area (Å²) in [5.41, 5.74) is 5.46. The van der Waals surface area contributed by atoms with E-state index in [1.807, 2.05) is 13.8 Å². The zero-order chi connectivity index (χ0) is 17.6. The van der Waals surface area contributed by atoms with Gasteiger partial charge in [0.05, 0.1) is 0 Å². The average Bonchev–Trinajstić information content (AvgIpc) is 2.57. The normalized spacial score (nSPS) is 12.8. The molecule has 0 unspecified atom stereocenters. The fourth-order valence-corrected chi connectivity index (χ4v) is 4.63. The van der Waals surface area contributed by atoms with Crippen LogP contribution in [0.4, 0.5) is 0 Å². The summed E-state index contributed by atoms with van der Waals surface area (Å²) in [6.45, 7) is 7.19. The topological polar surface area (TPSA) is 93.4 Å². The number of nitrogens with two attached hydrogens (primary N) is 1. The van der Waals surface area contributed by atoms with E-state index in [9.17, 15) is 0 Å². The molecule has 0 spiro atoms. The van der Waals surface area contributed by atoms with Crippen molar-refractivity contribution in [2.24, 2.45) is 5.73 Å². The highest BCUT2D eigenvalue weighted by molar-refractivity contribution is 6.60. The minimum Gasteiger partial charge on any atom is -0.374 e. The van der Waals surface area contributed by atoms with Crippen LogP contribution in [-0.4, -0.2) is 75.6 Å². The van der Waals surface area contributed by atoms with E-state index in [0.717, 1.165) is 19.5 Å². The van der Waals surface area contributed by atoms with Gasteiger partial charge in [-0.1, -0.05) is 0 Å². The Morgan fingerprint density at radius 2 is 1.48 bits per heavy atom. The van der Waals surface area contributed by atoms with Crippen LogP contribution in [0.2, 0.25) is 6.04 Å². The summed E-state index contributed by atoms with van der Waals surface area (Å²) in [7, 11) is 1.67. The van der Waals surface area contributed by atoms with E-state index < -0.39 is 14.8 Å². The third kappa shape index (κ3) is 8.52. The molecule has 0 amide bonds. The molecular formula is C14H34N2O6Si. The summed E-state index contributed by atoms with van der Waals surface area (Å²) >= 11 is 0. The second kappa shape index (κ2) is 13.2. The average molecular weight is 355 g/mol. The quantitative estimate of drug-likeness (QED) is 0.236. The third-order valence-corrected chi connectivity index (χ3v) is 6.30. The van der Waals surface area contributed by atoms with Crippen molar-refractivity contribution < 1.29 is 27.5 Å². The van der Waals surface area contributed by atoms with Crippen LogP contribution < -0.4 is 11.1 Å². The summed E-state index contributed by atoms with van der Waals surface area (Å²) in [5, 5.41) is 3.25. The molecule has 0 saturated carbocycles. The van der Waals surface area contributed by atoms with Crippen molar-refractivity contribution >= 4 is 8.80 Å². The lowest BCUT2D eigenvalue weighted by molar-refractivity contribution is -0.364. The Labute approximate surface area is 141 Å². The molecule has 0 saturated heterocycles. The van der Waals surface area contributed by atoms with Crippen LogP contribution in [-0.2, 0) is 27.5 Å². The van der Waals surface area contributed by atoms with E-state index in [0.29, 0.717) is 25.8 Å². The number of hydrogen-bond donors (Lipinski definition) is 2. The van der Waals surface area contributed by atoms with Crippen molar-refractivity contribution in [3.8, 4) is 0 Å². The molecule has 0 aromatic heterocycles. The monoisotopic (exact) mass is 354 g/mol. The maximum atomic E-state index is 6.02. The lowest BCUT2D eigenvalue weighted by Crippen LogP contribution is -2.51. The fourth-order valence-electron chi connectivity index (χ4n) is 2.06. The van der Waals surface area contributed by atoms with Crippen LogP contribution in [0.3, 0.4) is 0 Å². The Morgan fingerprint density at radius 3 is 1.91 bits per heavy atom. The van der Waals surface area contributed by atoms with E-state index in [2.05, 4.69) is 5.32 Å². The number of nitrogens with one attached hydrogen (secondary N) is 1. The van der Waals surface area contributed by atoms with Crippen LogP contribution in [0.25, 0.3) is 0 Å². The minimum absolute atomic E-state index is 0.0684. The van der Waals surface area contributed by atoms with Gasteiger partial charge in [-0.3, -0.25) is 0 Å². The predicted octanol–water partition coefficient (Wildman–Crippen LogP) is 0.546. The maximum Gasteiger partial charge on any atom is 0.501 e. The molecule has 0 aliphatic rings. The van der Waals surface area contributed by atoms with Gasteiger partial charge in [-0.25, -0.2) is 0 Å². The molecule has 0 fully saturated rings. The van der Waals surface area contributed by atoms with Gasteiger partial charge in [-0.2, -0.15) is 0 Å². The van der Waals surface area contributed by atoms with Crippen LogP contribution in [0, 0.1) is 0 Å². The largest absolute Gasteiger partial charge is 0.501 e. The van der Waals surface area contributed by atoms with E-state index in [1.165, 1.54) is 21.3 Å². The molecule has 0 aliphatic carbocycles. The van der Waals surface area contributed by atoms with Crippen LogP contribution in [0.15, 0.2) is 0 Å². The molecule has 0 atom stereocenters. The number of ether oxygens (including phenoxy) is 3. The Hall–Kier alpha value is -0.103. The summed E-state index contributed by atoms with van der Waals surface area (Å²) < 4.78 is 33.6. The first kappa shape index (κ1) is 22.9. The van der Waals surface area contributed by atoms with Gasteiger partial charge in [-0.15, -0.1) is 0 Å². The first-order valence-corrected chi connectivity index (χ1v) is 9.98. The van der Waals surface area contributed by atoms with Crippen molar-refractivity contribution in [3.05, 3.63) is 0 Å². The second-order valence-corrected chi connectivity index (χ2v) is 7.51. The van der Waals surface area contributed by atoms with Crippen molar-refractivity contribution in [2.75, 3.05) is 60.8 Å². The lowest BCUT2D eigenvalue weighted by Gasteiger charge is -2.34. The smallest absolute Gasteiger partial charge is 0.374 e. The molecule has 0 heterocycles. The summed E-state index contributed by atoms with van der Waals surface area (Å²) in [6.07, 6.45) is 0.867. The molecule has 8 nitrogen and oxygen atoms in total. The molecule has 0 aromatic rings. The minimum atomic E-state index is -2.83. The van der Waals surface area contributed by atoms with Crippen LogP contribution >= 0.6 is 0 Å². The summed E-state index contributed by atoms with van der Waals surface area (Å²) in [4.78, 5) is 0. The van der Waals surface area contributed by atoms with Crippen molar-refractivity contribution in [1.82, 2.24) is 5.32 Å². The Bertz CT molecular complexity index is 268. The van der Waals surface area contributed by atoms with E-state index in [4.69, 9.17) is 33.2 Å². The highest BCUT2D eigenvalue weighted by Gasteiger charge is 2.44. The van der Waals surface area contributed by atoms with Gasteiger partial charge in [-0.05, 0) is 26.8 Å². The zero-order valence-corrected chi connectivity index (χ0v) is 16.2. The van der Waals surface area contributed by atoms with Gasteiger partial charge in [0.25, 0.3) is 0 Å². The molecule has 3 N–H and O–H groups in total. The first-order valence-electron chi connectivity index (χ1n) is 8.05. The zero-order valence-electron chi connectivity index (χ0n) is 15.2. The first-order chi connectivity index (χ1) is 11.1. The molecule has 23 heavy (non-hydrogen) atoms. The van der Waals surface area contributed by atoms with Gasteiger partial charge < -0.3 is 38.5 Å². The molecule has 0 bridgehead atoms. The van der Waals surface area contributed by atoms with Gasteiger partial charge in [0, 0.05) is 53.7 Å². The third-order valence-electron chi connectivity index (χ3n) is 3.29. The van der Waals surface area contributed by atoms with Gasteiger partial charge >= 0.3 is 14.8 Å². The van der Waals surface area contributed by atoms with E-state index in [-0.39, 0.29) is 6.61 Å². The highest BCUT2D eigenvalue weighted by atomic mass is 28.4. The second-order valence-electron chi connectivity index (χ2n) is 4.78. The fraction of sp³-hybridized carbons (Fsp3) is 1.00. The summed E-state index contributed by atoms with van der Waals surface area (Å²) in [6, 6.07) is 0.694. The van der Waals surface area contributed by atoms with Gasteiger partial charge in [0.15, 0.2) is 0 Å². The molecule has 0 aliphatic heterocycles. The standard InChI is InChI=1S/C14H34N2O6Si/c1-6-20-23(21-7-2,12-8-10-16-11-9-15)22-13-14(17-3,18-4)19-5/h16H,6-13,15H2,1-5H3. The maximum absolute atomic E-state index is 6.02. The molecule has 0 radical (unpaired) electrons. The Kier molecular flexibility index (Phi) is 13.2. The van der Waals surface area contributed by atoms with Crippen molar-refractivity contribution in [1.29, 1.82) is 0 Å².